The van der Waals surface area contributed by atoms with Gasteiger partial charge in [-0.25, -0.2) is 0 Å². The minimum absolute atomic E-state index is 0.309. The van der Waals surface area contributed by atoms with E-state index in [2.05, 4.69) is 5.32 Å². The van der Waals surface area contributed by atoms with Crippen LogP contribution >= 0.6 is 23.2 Å². The molecule has 1 fully saturated rings. The Morgan fingerprint density at radius 1 is 1.35 bits per heavy atom. The lowest BCUT2D eigenvalue weighted by molar-refractivity contribution is -0.284. The maximum Gasteiger partial charge on any atom is 0.253 e. The summed E-state index contributed by atoms with van der Waals surface area (Å²) in [6.07, 6.45) is -0.309. The van der Waals surface area contributed by atoms with E-state index in [9.17, 15) is 4.79 Å². The van der Waals surface area contributed by atoms with Gasteiger partial charge >= 0.3 is 0 Å². The topological polar surface area (TPSA) is 47.6 Å². The van der Waals surface area contributed by atoms with Gasteiger partial charge in [0.25, 0.3) is 5.91 Å². The summed E-state index contributed by atoms with van der Waals surface area (Å²) in [4.78, 5) is 10.6. The summed E-state index contributed by atoms with van der Waals surface area (Å²) in [6, 6.07) is 9.33. The maximum atomic E-state index is 11.7. The molecule has 1 N–H and O–H groups in total. The van der Waals surface area contributed by atoms with Gasteiger partial charge in [0.15, 0.2) is 10.6 Å². The van der Waals surface area contributed by atoms with Crippen LogP contribution in [0.15, 0.2) is 30.3 Å². The fourth-order valence-electron chi connectivity index (χ4n) is 2.11. The number of carbonyl (C=O) groups excluding carboxylic acids is 1. The van der Waals surface area contributed by atoms with E-state index in [1.54, 1.807) is 0 Å². The van der Waals surface area contributed by atoms with Gasteiger partial charge in [-0.1, -0.05) is 53.5 Å². The van der Waals surface area contributed by atoms with Crippen LogP contribution in [-0.2, 0) is 14.3 Å². The number of alkyl halides is 2. The molecular formula is C14H17Cl2NO3. The number of hydrogen-bond acceptors (Lipinski definition) is 3. The van der Waals surface area contributed by atoms with Crippen molar-refractivity contribution in [3.05, 3.63) is 35.9 Å². The van der Waals surface area contributed by atoms with E-state index < -0.39 is 16.5 Å². The van der Waals surface area contributed by atoms with Crippen LogP contribution in [0.4, 0.5) is 0 Å². The van der Waals surface area contributed by atoms with Gasteiger partial charge in [0.2, 0.25) is 0 Å². The molecule has 4 nitrogen and oxygen atoms in total. The van der Waals surface area contributed by atoms with Gasteiger partial charge in [0.05, 0.1) is 12.6 Å². The second-order valence-electron chi connectivity index (χ2n) is 5.08. The normalized spacial score (nSPS) is 25.4. The molecule has 0 unspecified atom stereocenters. The molecule has 1 amide bonds. The molecule has 0 radical (unpaired) electrons. The van der Waals surface area contributed by atoms with Gasteiger partial charge in [-0.3, -0.25) is 4.79 Å². The van der Waals surface area contributed by atoms with E-state index in [4.69, 9.17) is 32.7 Å². The van der Waals surface area contributed by atoms with Crippen molar-refractivity contribution < 1.29 is 14.3 Å². The summed E-state index contributed by atoms with van der Waals surface area (Å²) in [5.41, 5.74) is 0.967. The number of hydrogen-bond donors (Lipinski definition) is 1. The lowest BCUT2D eigenvalue weighted by atomic mass is 10.0. The summed E-state index contributed by atoms with van der Waals surface area (Å²) in [5, 5.41) is 2.75. The van der Waals surface area contributed by atoms with Crippen molar-refractivity contribution in [2.24, 2.45) is 0 Å². The Labute approximate surface area is 128 Å². The molecule has 0 saturated carbocycles. The highest BCUT2D eigenvalue weighted by Crippen LogP contribution is 2.33. The van der Waals surface area contributed by atoms with Gasteiger partial charge < -0.3 is 14.8 Å². The van der Waals surface area contributed by atoms with Crippen molar-refractivity contribution in [2.45, 2.75) is 36.6 Å². The third-order valence-electron chi connectivity index (χ3n) is 3.04. The molecule has 0 bridgehead atoms. The molecule has 1 aromatic carbocycles. The lowest BCUT2D eigenvalue weighted by Crippen LogP contribution is -2.52. The Morgan fingerprint density at radius 2 is 2.00 bits per heavy atom. The second-order valence-corrected chi connectivity index (χ2v) is 6.17. The summed E-state index contributed by atoms with van der Waals surface area (Å²) in [5.74, 6) is -1.16. The third kappa shape index (κ3) is 3.85. The van der Waals surface area contributed by atoms with Crippen LogP contribution < -0.4 is 5.32 Å². The monoisotopic (exact) mass is 317 g/mol. The Balaban J connectivity index is 2.19. The smallest absolute Gasteiger partial charge is 0.253 e. The van der Waals surface area contributed by atoms with E-state index in [-0.39, 0.29) is 12.1 Å². The van der Waals surface area contributed by atoms with Crippen molar-refractivity contribution in [1.82, 2.24) is 5.32 Å². The van der Waals surface area contributed by atoms with Crippen LogP contribution in [0.1, 0.15) is 25.5 Å². The molecule has 110 valence electrons. The third-order valence-corrected chi connectivity index (χ3v) is 3.44. The zero-order valence-electron chi connectivity index (χ0n) is 11.3. The summed E-state index contributed by atoms with van der Waals surface area (Å²) >= 11 is 11.1. The first-order valence-corrected chi connectivity index (χ1v) is 7.21. The van der Waals surface area contributed by atoms with Crippen molar-refractivity contribution >= 4 is 29.1 Å². The molecule has 6 heteroatoms. The van der Waals surface area contributed by atoms with Crippen LogP contribution in [0.5, 0.6) is 0 Å². The highest BCUT2D eigenvalue weighted by molar-refractivity contribution is 6.53. The van der Waals surface area contributed by atoms with Crippen LogP contribution in [0, 0.1) is 0 Å². The molecule has 1 aliphatic heterocycles. The van der Waals surface area contributed by atoms with Gasteiger partial charge in [0.1, 0.15) is 6.10 Å². The number of rotatable bonds is 3. The number of nitrogens with one attached hydrogen (secondary N) is 1. The molecule has 20 heavy (non-hydrogen) atoms. The summed E-state index contributed by atoms with van der Waals surface area (Å²) < 4.78 is 11.5. The van der Waals surface area contributed by atoms with Crippen molar-refractivity contribution in [3.63, 3.8) is 0 Å². The SMILES string of the molecule is CC1(C)OC[C@H](NC(=O)C(Cl)Cl)[C@@H](c2ccccc2)O1. The van der Waals surface area contributed by atoms with E-state index in [0.29, 0.717) is 6.61 Å². The van der Waals surface area contributed by atoms with Crippen LogP contribution in [0.2, 0.25) is 0 Å². The van der Waals surface area contributed by atoms with Crippen molar-refractivity contribution in [3.8, 4) is 0 Å². The zero-order chi connectivity index (χ0) is 14.8. The number of carbonyl (C=O) groups is 1. The number of halogens is 2. The molecule has 1 aliphatic rings. The first-order valence-electron chi connectivity index (χ1n) is 6.34. The van der Waals surface area contributed by atoms with Crippen LogP contribution in [-0.4, -0.2) is 29.2 Å². The van der Waals surface area contributed by atoms with E-state index in [1.165, 1.54) is 0 Å². The fraction of sp³-hybridized carbons (Fsp3) is 0.500. The number of ether oxygens (including phenoxy) is 2. The molecule has 0 spiro atoms. The molecule has 1 saturated heterocycles. The molecule has 1 aromatic rings. The summed E-state index contributed by atoms with van der Waals surface area (Å²) in [6.45, 7) is 4.01. The quantitative estimate of drug-likeness (QED) is 0.872. The average Bonchev–Trinajstić information content (AvgIpc) is 2.41. The van der Waals surface area contributed by atoms with Gasteiger partial charge in [-0.05, 0) is 19.4 Å². The molecule has 0 aromatic heterocycles. The Hall–Kier alpha value is -0.810. The zero-order valence-corrected chi connectivity index (χ0v) is 12.8. The standard InChI is InChI=1S/C14H17Cl2NO3/c1-14(2)19-8-10(17-13(18)12(15)16)11(20-14)9-6-4-3-5-7-9/h3-7,10-12H,8H2,1-2H3,(H,17,18)/t10-,11+/m0/s1. The lowest BCUT2D eigenvalue weighted by Gasteiger charge is -2.41. The summed E-state index contributed by atoms with van der Waals surface area (Å²) in [7, 11) is 0. The van der Waals surface area contributed by atoms with E-state index in [1.807, 2.05) is 44.2 Å². The maximum absolute atomic E-state index is 11.7. The number of amides is 1. The Morgan fingerprint density at radius 3 is 2.60 bits per heavy atom. The van der Waals surface area contributed by atoms with Crippen LogP contribution in [0.3, 0.4) is 0 Å². The second kappa shape index (κ2) is 6.31. The Bertz CT molecular complexity index is 465. The van der Waals surface area contributed by atoms with Crippen molar-refractivity contribution in [1.29, 1.82) is 0 Å². The molecule has 1 heterocycles. The van der Waals surface area contributed by atoms with Gasteiger partial charge in [-0.15, -0.1) is 0 Å². The van der Waals surface area contributed by atoms with E-state index >= 15 is 0 Å². The minimum Gasteiger partial charge on any atom is -0.348 e. The van der Waals surface area contributed by atoms with Crippen LogP contribution in [0.25, 0.3) is 0 Å². The average molecular weight is 318 g/mol. The molecule has 0 aliphatic carbocycles. The number of benzene rings is 1. The highest BCUT2D eigenvalue weighted by Gasteiger charge is 2.38. The van der Waals surface area contributed by atoms with Gasteiger partial charge in [-0.2, -0.15) is 0 Å². The van der Waals surface area contributed by atoms with Crippen molar-refractivity contribution in [2.75, 3.05) is 6.61 Å². The molecule has 2 atom stereocenters. The Kier molecular flexibility index (Phi) is 4.91. The predicted octanol–water partition coefficient (Wildman–Crippen LogP) is 2.80. The first-order chi connectivity index (χ1) is 9.39. The fourth-order valence-corrected chi connectivity index (χ4v) is 2.23. The molecular weight excluding hydrogens is 301 g/mol. The molecule has 2 rings (SSSR count). The highest BCUT2D eigenvalue weighted by atomic mass is 35.5. The predicted molar refractivity (Wildman–Crippen MR) is 77.7 cm³/mol. The minimum atomic E-state index is -1.11. The largest absolute Gasteiger partial charge is 0.348 e. The van der Waals surface area contributed by atoms with E-state index in [0.717, 1.165) is 5.56 Å². The first kappa shape index (κ1) is 15.6. The van der Waals surface area contributed by atoms with Gasteiger partial charge in [0, 0.05) is 0 Å².